The summed E-state index contributed by atoms with van der Waals surface area (Å²) in [7, 11) is 4.03. The van der Waals surface area contributed by atoms with Crippen LogP contribution in [0.3, 0.4) is 0 Å². The normalized spacial score (nSPS) is 12.8. The van der Waals surface area contributed by atoms with E-state index in [0.29, 0.717) is 6.54 Å². The molecule has 2 N–H and O–H groups in total. The van der Waals surface area contributed by atoms with E-state index < -0.39 is 0 Å². The predicted octanol–water partition coefficient (Wildman–Crippen LogP) is 0.989. The lowest BCUT2D eigenvalue weighted by Gasteiger charge is -2.26. The van der Waals surface area contributed by atoms with Gasteiger partial charge in [0.15, 0.2) is 0 Å². The van der Waals surface area contributed by atoms with Gasteiger partial charge in [0.2, 0.25) is 0 Å². The monoisotopic (exact) mass is 259 g/mol. The van der Waals surface area contributed by atoms with E-state index >= 15 is 0 Å². The lowest BCUT2D eigenvalue weighted by atomic mass is 10.1. The summed E-state index contributed by atoms with van der Waals surface area (Å²) in [5, 5.41) is 4.21. The highest BCUT2D eigenvalue weighted by Gasteiger charge is 2.16. The van der Waals surface area contributed by atoms with Gasteiger partial charge in [-0.15, -0.1) is 0 Å². The largest absolute Gasteiger partial charge is 0.329 e. The summed E-state index contributed by atoms with van der Waals surface area (Å²) < 4.78 is 1.81. The van der Waals surface area contributed by atoms with Crippen molar-refractivity contribution >= 4 is 0 Å². The summed E-state index contributed by atoms with van der Waals surface area (Å²) in [6.45, 7) is 1.55. The number of aromatic nitrogens is 3. The van der Waals surface area contributed by atoms with Crippen LogP contribution in [0.25, 0.3) is 0 Å². The van der Waals surface area contributed by atoms with Gasteiger partial charge in [-0.3, -0.25) is 14.6 Å². The average molecular weight is 259 g/mol. The van der Waals surface area contributed by atoms with Crippen molar-refractivity contribution < 1.29 is 0 Å². The maximum absolute atomic E-state index is 5.90. The molecule has 0 aliphatic rings. The number of aryl methyl sites for hydroxylation is 1. The molecule has 102 valence electrons. The van der Waals surface area contributed by atoms with Gasteiger partial charge in [0.25, 0.3) is 0 Å². The quantitative estimate of drug-likeness (QED) is 0.840. The molecule has 5 nitrogen and oxygen atoms in total. The summed E-state index contributed by atoms with van der Waals surface area (Å²) in [6.07, 6.45) is 8.57. The van der Waals surface area contributed by atoms with Gasteiger partial charge in [0.1, 0.15) is 0 Å². The minimum atomic E-state index is 0.218. The minimum Gasteiger partial charge on any atom is -0.329 e. The van der Waals surface area contributed by atoms with Crippen molar-refractivity contribution in [2.75, 3.05) is 20.1 Å². The molecule has 0 saturated heterocycles. The molecule has 5 heteroatoms. The molecule has 2 aromatic heterocycles. The summed E-state index contributed by atoms with van der Waals surface area (Å²) in [6, 6.07) is 4.32. The Morgan fingerprint density at radius 2 is 2.11 bits per heavy atom. The van der Waals surface area contributed by atoms with E-state index in [-0.39, 0.29) is 6.04 Å². The van der Waals surface area contributed by atoms with Crippen LogP contribution < -0.4 is 5.73 Å². The number of nitrogens with zero attached hydrogens (tertiary/aromatic N) is 4. The van der Waals surface area contributed by atoms with Crippen LogP contribution in [0.4, 0.5) is 0 Å². The van der Waals surface area contributed by atoms with Crippen molar-refractivity contribution in [2.45, 2.75) is 12.5 Å². The molecule has 1 unspecified atom stereocenters. The number of hydrogen-bond acceptors (Lipinski definition) is 4. The lowest BCUT2D eigenvalue weighted by molar-refractivity contribution is 0.253. The zero-order chi connectivity index (χ0) is 13.7. The summed E-state index contributed by atoms with van der Waals surface area (Å²) in [4.78, 5) is 6.30. The maximum atomic E-state index is 5.90. The van der Waals surface area contributed by atoms with E-state index in [4.69, 9.17) is 5.73 Å². The summed E-state index contributed by atoms with van der Waals surface area (Å²) >= 11 is 0. The molecule has 2 rings (SSSR count). The Labute approximate surface area is 114 Å². The van der Waals surface area contributed by atoms with E-state index in [9.17, 15) is 0 Å². The zero-order valence-corrected chi connectivity index (χ0v) is 11.5. The number of pyridine rings is 1. The lowest BCUT2D eigenvalue weighted by Crippen LogP contribution is -2.31. The van der Waals surface area contributed by atoms with Crippen molar-refractivity contribution in [3.05, 3.63) is 48.0 Å². The molecule has 0 aliphatic heterocycles. The second-order valence-corrected chi connectivity index (χ2v) is 4.78. The first-order valence-corrected chi connectivity index (χ1v) is 6.48. The van der Waals surface area contributed by atoms with Crippen LogP contribution in [0.2, 0.25) is 0 Å². The molecular weight excluding hydrogens is 238 g/mol. The van der Waals surface area contributed by atoms with Crippen molar-refractivity contribution in [2.24, 2.45) is 12.8 Å². The van der Waals surface area contributed by atoms with Gasteiger partial charge in [-0.1, -0.05) is 0 Å². The van der Waals surface area contributed by atoms with E-state index in [1.807, 2.05) is 36.5 Å². The smallest absolute Gasteiger partial charge is 0.0538 e. The Morgan fingerprint density at radius 3 is 2.68 bits per heavy atom. The van der Waals surface area contributed by atoms with E-state index in [0.717, 1.165) is 13.0 Å². The van der Waals surface area contributed by atoms with Crippen LogP contribution in [-0.2, 0) is 13.5 Å². The minimum absolute atomic E-state index is 0.218. The van der Waals surface area contributed by atoms with E-state index in [1.165, 1.54) is 11.1 Å². The topological polar surface area (TPSA) is 60.0 Å². The highest BCUT2D eigenvalue weighted by atomic mass is 15.2. The Hall–Kier alpha value is -1.72. The Balaban J connectivity index is 1.96. The molecule has 0 amide bonds. The van der Waals surface area contributed by atoms with Crippen molar-refractivity contribution in [1.82, 2.24) is 19.7 Å². The summed E-state index contributed by atoms with van der Waals surface area (Å²) in [5.74, 6) is 0. The summed E-state index contributed by atoms with van der Waals surface area (Å²) in [5.41, 5.74) is 8.36. The van der Waals surface area contributed by atoms with E-state index in [2.05, 4.69) is 34.2 Å². The Morgan fingerprint density at radius 1 is 1.37 bits per heavy atom. The standard InChI is InChI=1S/C14H21N5/c1-18(8-5-12-3-6-16-7-4-12)14(9-15)13-10-17-19(2)11-13/h3-4,6-7,10-11,14H,5,8-9,15H2,1-2H3. The van der Waals surface area contributed by atoms with Gasteiger partial charge in [-0.2, -0.15) is 5.10 Å². The molecule has 2 aromatic rings. The molecule has 0 radical (unpaired) electrons. The first-order valence-electron chi connectivity index (χ1n) is 6.48. The van der Waals surface area contributed by atoms with Crippen LogP contribution in [0.1, 0.15) is 17.2 Å². The van der Waals surface area contributed by atoms with Gasteiger partial charge in [-0.25, -0.2) is 0 Å². The number of nitrogens with two attached hydrogens (primary N) is 1. The molecule has 0 aromatic carbocycles. The molecule has 19 heavy (non-hydrogen) atoms. The van der Waals surface area contributed by atoms with Crippen LogP contribution in [0, 0.1) is 0 Å². The molecule has 0 aliphatic carbocycles. The van der Waals surface area contributed by atoms with Crippen molar-refractivity contribution in [3.8, 4) is 0 Å². The van der Waals surface area contributed by atoms with Crippen LogP contribution in [-0.4, -0.2) is 39.8 Å². The third-order valence-electron chi connectivity index (χ3n) is 3.37. The van der Waals surface area contributed by atoms with Crippen LogP contribution in [0.5, 0.6) is 0 Å². The van der Waals surface area contributed by atoms with Gasteiger partial charge in [0.05, 0.1) is 6.20 Å². The fourth-order valence-corrected chi connectivity index (χ4v) is 2.19. The maximum Gasteiger partial charge on any atom is 0.0538 e. The van der Waals surface area contributed by atoms with Crippen LogP contribution >= 0.6 is 0 Å². The second-order valence-electron chi connectivity index (χ2n) is 4.78. The number of likely N-dealkylation sites (N-methyl/N-ethyl adjacent to an activating group) is 1. The zero-order valence-electron chi connectivity index (χ0n) is 11.5. The average Bonchev–Trinajstić information content (AvgIpc) is 2.85. The van der Waals surface area contributed by atoms with Crippen LogP contribution in [0.15, 0.2) is 36.9 Å². The van der Waals surface area contributed by atoms with Gasteiger partial charge in [-0.05, 0) is 31.2 Å². The Kier molecular flexibility index (Phi) is 4.65. The van der Waals surface area contributed by atoms with E-state index in [1.54, 1.807) is 0 Å². The van der Waals surface area contributed by atoms with Gasteiger partial charge >= 0.3 is 0 Å². The number of hydrogen-bond donors (Lipinski definition) is 1. The molecule has 0 fully saturated rings. The van der Waals surface area contributed by atoms with Crippen molar-refractivity contribution in [1.29, 1.82) is 0 Å². The SMILES string of the molecule is CN(CCc1ccncc1)C(CN)c1cnn(C)c1. The fraction of sp³-hybridized carbons (Fsp3) is 0.429. The second kappa shape index (κ2) is 6.45. The molecule has 0 saturated carbocycles. The first-order chi connectivity index (χ1) is 9.20. The molecule has 2 heterocycles. The Bertz CT molecular complexity index is 494. The molecule has 0 spiro atoms. The van der Waals surface area contributed by atoms with Gasteiger partial charge < -0.3 is 5.73 Å². The third kappa shape index (κ3) is 3.62. The predicted molar refractivity (Wildman–Crippen MR) is 75.6 cm³/mol. The molecule has 1 atom stereocenters. The van der Waals surface area contributed by atoms with Gasteiger partial charge in [0, 0.05) is 50.3 Å². The molecule has 0 bridgehead atoms. The molecular formula is C14H21N5. The highest BCUT2D eigenvalue weighted by molar-refractivity contribution is 5.12. The first kappa shape index (κ1) is 13.7. The highest BCUT2D eigenvalue weighted by Crippen LogP contribution is 2.17. The van der Waals surface area contributed by atoms with Crippen molar-refractivity contribution in [3.63, 3.8) is 0 Å². The third-order valence-corrected chi connectivity index (χ3v) is 3.37. The fourth-order valence-electron chi connectivity index (χ4n) is 2.19. The number of rotatable bonds is 6.